The average Bonchev–Trinajstić information content (AvgIpc) is 2.79. The number of methoxy groups -OCH3 is 1. The molecule has 166 valence electrons. The quantitative estimate of drug-likeness (QED) is 0.704. The number of amides is 2. The maximum atomic E-state index is 12.7. The van der Waals surface area contributed by atoms with Gasteiger partial charge in [-0.25, -0.2) is 0 Å². The Morgan fingerprint density at radius 1 is 1.06 bits per heavy atom. The van der Waals surface area contributed by atoms with Gasteiger partial charge in [0.2, 0.25) is 0 Å². The van der Waals surface area contributed by atoms with Gasteiger partial charge in [-0.3, -0.25) is 14.5 Å². The van der Waals surface area contributed by atoms with Crippen molar-refractivity contribution in [2.45, 2.75) is 25.4 Å². The fourth-order valence-corrected chi connectivity index (χ4v) is 3.53. The largest absolute Gasteiger partial charge is 0.497 e. The molecule has 1 N–H and O–H groups in total. The molecular formula is C24H31N3O4. The summed E-state index contributed by atoms with van der Waals surface area (Å²) in [6, 6.07) is 15.2. The Kier molecular flexibility index (Phi) is 7.89. The number of likely N-dealkylation sites (tertiary alicyclic amines) is 1. The van der Waals surface area contributed by atoms with Gasteiger partial charge >= 0.3 is 0 Å². The second kappa shape index (κ2) is 10.8. The predicted octanol–water partition coefficient (Wildman–Crippen LogP) is 2.56. The van der Waals surface area contributed by atoms with Crippen molar-refractivity contribution in [1.29, 1.82) is 0 Å². The summed E-state index contributed by atoms with van der Waals surface area (Å²) in [6.45, 7) is 2.68. The van der Waals surface area contributed by atoms with Crippen LogP contribution in [0.4, 0.5) is 0 Å². The zero-order valence-electron chi connectivity index (χ0n) is 18.5. The molecule has 0 aliphatic carbocycles. The highest BCUT2D eigenvalue weighted by Gasteiger charge is 2.21. The van der Waals surface area contributed by atoms with Crippen molar-refractivity contribution in [3.05, 3.63) is 59.7 Å². The number of likely N-dealkylation sites (N-methyl/N-ethyl adjacent to an activating group) is 1. The van der Waals surface area contributed by atoms with Crippen LogP contribution in [-0.4, -0.2) is 68.6 Å². The fraction of sp³-hybridized carbons (Fsp3) is 0.417. The van der Waals surface area contributed by atoms with Crippen LogP contribution in [0.15, 0.2) is 48.5 Å². The van der Waals surface area contributed by atoms with E-state index in [2.05, 4.69) is 22.3 Å². The molecule has 31 heavy (non-hydrogen) atoms. The van der Waals surface area contributed by atoms with E-state index in [0.29, 0.717) is 11.3 Å². The molecule has 0 aromatic heterocycles. The van der Waals surface area contributed by atoms with E-state index in [9.17, 15) is 9.59 Å². The van der Waals surface area contributed by atoms with E-state index >= 15 is 0 Å². The Hall–Kier alpha value is -3.06. The van der Waals surface area contributed by atoms with Crippen LogP contribution in [0.2, 0.25) is 0 Å². The van der Waals surface area contributed by atoms with Crippen molar-refractivity contribution in [2.24, 2.45) is 0 Å². The van der Waals surface area contributed by atoms with Gasteiger partial charge in [0.1, 0.15) is 11.5 Å². The van der Waals surface area contributed by atoms with Crippen LogP contribution in [0, 0.1) is 0 Å². The number of ether oxygens (including phenoxy) is 2. The third-order valence-electron chi connectivity index (χ3n) is 5.42. The second-order valence-electron chi connectivity index (χ2n) is 7.98. The number of piperidine rings is 1. The van der Waals surface area contributed by atoms with E-state index < -0.39 is 0 Å². The van der Waals surface area contributed by atoms with Gasteiger partial charge in [-0.15, -0.1) is 0 Å². The summed E-state index contributed by atoms with van der Waals surface area (Å²) in [7, 11) is 5.04. The summed E-state index contributed by atoms with van der Waals surface area (Å²) in [4.78, 5) is 28.2. The zero-order chi connectivity index (χ0) is 22.2. The lowest BCUT2D eigenvalue weighted by Crippen LogP contribution is -2.44. The van der Waals surface area contributed by atoms with E-state index in [-0.39, 0.29) is 24.5 Å². The summed E-state index contributed by atoms with van der Waals surface area (Å²) in [5, 5.41) is 3.13. The molecule has 3 rings (SSSR count). The van der Waals surface area contributed by atoms with Crippen LogP contribution in [0.3, 0.4) is 0 Å². The van der Waals surface area contributed by atoms with Crippen LogP contribution in [0.25, 0.3) is 0 Å². The molecular weight excluding hydrogens is 394 g/mol. The standard InChI is InChI=1S/C24H31N3O4/c1-26(2)23(28)17-31-22-9-5-7-19(15-22)24(29)25-20-10-12-27(13-11-20)16-18-6-4-8-21(14-18)30-3/h4-9,14-15,20H,10-13,16-17H2,1-3H3,(H,25,29). The molecule has 2 aromatic carbocycles. The Morgan fingerprint density at radius 2 is 1.77 bits per heavy atom. The number of carbonyl (C=O) groups is 2. The highest BCUT2D eigenvalue weighted by Crippen LogP contribution is 2.19. The molecule has 0 unspecified atom stereocenters. The van der Waals surface area contributed by atoms with Crippen LogP contribution in [-0.2, 0) is 11.3 Å². The minimum Gasteiger partial charge on any atom is -0.497 e. The van der Waals surface area contributed by atoms with E-state index in [4.69, 9.17) is 9.47 Å². The number of rotatable bonds is 8. The van der Waals surface area contributed by atoms with Crippen LogP contribution in [0.1, 0.15) is 28.8 Å². The Labute approximate surface area is 183 Å². The summed E-state index contributed by atoms with van der Waals surface area (Å²) in [6.07, 6.45) is 1.81. The van der Waals surface area contributed by atoms with Crippen molar-refractivity contribution >= 4 is 11.8 Å². The van der Waals surface area contributed by atoms with Gasteiger partial charge in [0.15, 0.2) is 6.61 Å². The molecule has 1 fully saturated rings. The number of benzene rings is 2. The maximum absolute atomic E-state index is 12.7. The average molecular weight is 426 g/mol. The minimum absolute atomic E-state index is 0.0518. The van der Waals surface area contributed by atoms with Gasteiger partial charge in [0.05, 0.1) is 7.11 Å². The minimum atomic E-state index is -0.129. The van der Waals surface area contributed by atoms with E-state index in [1.165, 1.54) is 10.5 Å². The Bertz CT molecular complexity index is 892. The molecule has 0 bridgehead atoms. The first-order valence-electron chi connectivity index (χ1n) is 10.5. The van der Waals surface area contributed by atoms with Gasteiger partial charge in [0, 0.05) is 45.3 Å². The lowest BCUT2D eigenvalue weighted by Gasteiger charge is -2.32. The lowest BCUT2D eigenvalue weighted by molar-refractivity contribution is -0.130. The summed E-state index contributed by atoms with van der Waals surface area (Å²) in [5.41, 5.74) is 1.76. The number of nitrogens with one attached hydrogen (secondary N) is 1. The Morgan fingerprint density at radius 3 is 2.48 bits per heavy atom. The van der Waals surface area contributed by atoms with Gasteiger partial charge in [-0.05, 0) is 48.7 Å². The third kappa shape index (κ3) is 6.72. The molecule has 0 spiro atoms. The van der Waals surface area contributed by atoms with Crippen molar-refractivity contribution in [3.8, 4) is 11.5 Å². The number of hydrogen-bond donors (Lipinski definition) is 1. The normalized spacial score (nSPS) is 14.7. The number of hydrogen-bond acceptors (Lipinski definition) is 5. The molecule has 1 aliphatic heterocycles. The molecule has 2 aromatic rings. The SMILES string of the molecule is COc1cccc(CN2CCC(NC(=O)c3cccc(OCC(=O)N(C)C)c3)CC2)c1. The zero-order valence-corrected chi connectivity index (χ0v) is 18.5. The van der Waals surface area contributed by atoms with Gasteiger partial charge in [-0.2, -0.15) is 0 Å². The molecule has 1 saturated heterocycles. The van der Waals surface area contributed by atoms with Crippen LogP contribution in [0.5, 0.6) is 11.5 Å². The van der Waals surface area contributed by atoms with Gasteiger partial charge in [-0.1, -0.05) is 18.2 Å². The molecule has 7 nitrogen and oxygen atoms in total. The van der Waals surface area contributed by atoms with E-state index in [1.54, 1.807) is 45.5 Å². The first-order valence-corrected chi connectivity index (χ1v) is 10.5. The van der Waals surface area contributed by atoms with Crippen molar-refractivity contribution in [3.63, 3.8) is 0 Å². The smallest absolute Gasteiger partial charge is 0.259 e. The van der Waals surface area contributed by atoms with Gasteiger partial charge in [0.25, 0.3) is 11.8 Å². The second-order valence-corrected chi connectivity index (χ2v) is 7.98. The molecule has 0 atom stereocenters. The number of nitrogens with zero attached hydrogens (tertiary/aromatic N) is 2. The molecule has 0 saturated carbocycles. The molecule has 2 amide bonds. The fourth-order valence-electron chi connectivity index (χ4n) is 3.53. The topological polar surface area (TPSA) is 71.1 Å². The highest BCUT2D eigenvalue weighted by molar-refractivity contribution is 5.94. The Balaban J connectivity index is 1.47. The van der Waals surface area contributed by atoms with Crippen LogP contribution >= 0.6 is 0 Å². The lowest BCUT2D eigenvalue weighted by atomic mass is 10.0. The molecule has 7 heteroatoms. The van der Waals surface area contributed by atoms with Crippen molar-refractivity contribution < 1.29 is 19.1 Å². The van der Waals surface area contributed by atoms with Crippen LogP contribution < -0.4 is 14.8 Å². The van der Waals surface area contributed by atoms with E-state index in [1.807, 2.05) is 12.1 Å². The summed E-state index contributed by atoms with van der Waals surface area (Å²) in [5.74, 6) is 1.14. The first-order chi connectivity index (χ1) is 14.9. The van der Waals surface area contributed by atoms with Gasteiger partial charge < -0.3 is 19.7 Å². The highest BCUT2D eigenvalue weighted by atomic mass is 16.5. The van der Waals surface area contributed by atoms with E-state index in [0.717, 1.165) is 38.2 Å². The monoisotopic (exact) mass is 425 g/mol. The number of carbonyl (C=O) groups excluding carboxylic acids is 2. The summed E-state index contributed by atoms with van der Waals surface area (Å²) >= 11 is 0. The van der Waals surface area contributed by atoms with Crippen molar-refractivity contribution in [1.82, 2.24) is 15.1 Å². The molecule has 1 aliphatic rings. The first kappa shape index (κ1) is 22.6. The summed E-state index contributed by atoms with van der Waals surface area (Å²) < 4.78 is 10.8. The molecule has 0 radical (unpaired) electrons. The third-order valence-corrected chi connectivity index (χ3v) is 5.42. The predicted molar refractivity (Wildman–Crippen MR) is 119 cm³/mol. The molecule has 1 heterocycles. The maximum Gasteiger partial charge on any atom is 0.259 e. The van der Waals surface area contributed by atoms with Crippen molar-refractivity contribution in [2.75, 3.05) is 40.9 Å².